The summed E-state index contributed by atoms with van der Waals surface area (Å²) in [5, 5.41) is 67.4. The van der Waals surface area contributed by atoms with Crippen LogP contribution in [0.2, 0.25) is 0 Å². The Labute approximate surface area is 284 Å². The highest BCUT2D eigenvalue weighted by Gasteiger charge is 2.71. The number of ether oxygens (including phenoxy) is 3. The van der Waals surface area contributed by atoms with Gasteiger partial charge < -0.3 is 44.8 Å². The first kappa shape index (κ1) is 38.5. The SMILES string of the molecule is C=C(CC[C@@H](C)[C@H]1C[C@@H](O)[C@@H]2[C@]1(C)CC[C@@H]1[C@@]3(C)CC[C@H](O)[C@H](O)[C@@H]3[C@@H](O)C[C@]12O)[C@H](C)CO[C@@H]1OC[C@@H](OS(=O)(=O)O)[C@H](OC)[C@H]1O. The Bertz CT molecular complexity index is 1270. The van der Waals surface area contributed by atoms with E-state index in [1.54, 1.807) is 0 Å². The van der Waals surface area contributed by atoms with Crippen LogP contribution in [-0.2, 0) is 28.8 Å². The van der Waals surface area contributed by atoms with Gasteiger partial charge in [-0.05, 0) is 73.5 Å². The number of aliphatic hydroxyl groups is 6. The molecule has 0 aromatic rings. The summed E-state index contributed by atoms with van der Waals surface area (Å²) in [6.07, 6.45) is -3.73. The van der Waals surface area contributed by atoms with E-state index in [4.69, 9.17) is 18.8 Å². The number of hydrogen-bond acceptors (Lipinski definition) is 12. The molecule has 1 saturated heterocycles. The Morgan fingerprint density at radius 2 is 1.67 bits per heavy atom. The van der Waals surface area contributed by atoms with E-state index in [9.17, 15) is 39.1 Å². The molecule has 5 rings (SSSR count). The van der Waals surface area contributed by atoms with E-state index >= 15 is 0 Å². The van der Waals surface area contributed by atoms with Crippen molar-refractivity contribution in [2.24, 2.45) is 46.3 Å². The van der Waals surface area contributed by atoms with Crippen LogP contribution in [-0.4, -0.2) is 119 Å². The van der Waals surface area contributed by atoms with Gasteiger partial charge in [-0.25, -0.2) is 4.18 Å². The first-order valence-corrected chi connectivity index (χ1v) is 18.9. The van der Waals surface area contributed by atoms with Gasteiger partial charge >= 0.3 is 10.4 Å². The third kappa shape index (κ3) is 6.79. The summed E-state index contributed by atoms with van der Waals surface area (Å²) >= 11 is 0. The highest BCUT2D eigenvalue weighted by Crippen LogP contribution is 2.69. The minimum atomic E-state index is -4.77. The molecule has 0 unspecified atom stereocenters. The second kappa shape index (κ2) is 14.0. The molecule has 13 nitrogen and oxygen atoms in total. The van der Waals surface area contributed by atoms with Crippen LogP contribution >= 0.6 is 0 Å². The van der Waals surface area contributed by atoms with E-state index in [1.165, 1.54) is 7.11 Å². The predicted octanol–water partition coefficient (Wildman–Crippen LogP) is 1.58. The van der Waals surface area contributed by atoms with E-state index in [2.05, 4.69) is 24.6 Å². The monoisotopic (exact) mass is 706 g/mol. The molecule has 14 heteroatoms. The quantitative estimate of drug-likeness (QED) is 0.120. The first-order chi connectivity index (χ1) is 22.3. The lowest BCUT2D eigenvalue weighted by Gasteiger charge is -2.66. The van der Waals surface area contributed by atoms with Gasteiger partial charge in [0.15, 0.2) is 6.29 Å². The molecule has 0 spiro atoms. The molecule has 48 heavy (non-hydrogen) atoms. The van der Waals surface area contributed by atoms with Gasteiger partial charge in [-0.3, -0.25) is 4.55 Å². The third-order valence-electron chi connectivity index (χ3n) is 13.5. The van der Waals surface area contributed by atoms with Gasteiger partial charge in [0.05, 0.1) is 43.2 Å². The second-order valence-electron chi connectivity index (χ2n) is 16.2. The Balaban J connectivity index is 1.18. The first-order valence-electron chi connectivity index (χ1n) is 17.5. The summed E-state index contributed by atoms with van der Waals surface area (Å²) in [5.41, 5.74) is -1.24. The Kier molecular flexibility index (Phi) is 11.2. The number of rotatable bonds is 11. The summed E-state index contributed by atoms with van der Waals surface area (Å²) in [5.74, 6) is -0.895. The summed E-state index contributed by atoms with van der Waals surface area (Å²) in [6.45, 7) is 12.6. The predicted molar refractivity (Wildman–Crippen MR) is 172 cm³/mol. The van der Waals surface area contributed by atoms with Gasteiger partial charge in [0, 0.05) is 31.3 Å². The van der Waals surface area contributed by atoms with Crippen molar-refractivity contribution in [1.82, 2.24) is 0 Å². The Hall–Kier alpha value is -0.750. The van der Waals surface area contributed by atoms with Gasteiger partial charge in [0.25, 0.3) is 0 Å². The number of hydrogen-bond donors (Lipinski definition) is 7. The van der Waals surface area contributed by atoms with Crippen molar-refractivity contribution < 1.29 is 62.0 Å². The molecule has 5 fully saturated rings. The van der Waals surface area contributed by atoms with Gasteiger partial charge in [-0.15, -0.1) is 0 Å². The lowest BCUT2D eigenvalue weighted by Crippen LogP contribution is -2.70. The van der Waals surface area contributed by atoms with E-state index in [-0.39, 0.29) is 48.7 Å². The standard InChI is InChI=1S/C34H58O13S/c1-17(19(3)15-45-31-28(39)29(44-6)24(16-46-31)47-48(41,42)43)7-8-18(2)20-13-22(36)30-32(20,4)12-10-25-33(5)11-9-21(35)27(38)26(33)23(37)14-34(25,30)40/h18-31,35-40H,1,7-16H2,2-6H3,(H,41,42,43)/t18-,19-,20-,21+,22-,23+,24-,25-,26+,27+,28-,29+,30-,31-,32-,33-,34+/m1/s1. The van der Waals surface area contributed by atoms with Crippen molar-refractivity contribution in [2.75, 3.05) is 20.3 Å². The topological polar surface area (TPSA) is 213 Å². The van der Waals surface area contributed by atoms with Gasteiger partial charge in [-0.1, -0.05) is 39.8 Å². The zero-order chi connectivity index (χ0) is 35.6. The van der Waals surface area contributed by atoms with Crippen molar-refractivity contribution in [1.29, 1.82) is 0 Å². The normalized spacial score (nSPS) is 49.0. The molecule has 0 amide bonds. The zero-order valence-corrected chi connectivity index (χ0v) is 29.7. The fourth-order valence-corrected chi connectivity index (χ4v) is 11.6. The maximum atomic E-state index is 12.5. The molecule has 0 aromatic carbocycles. The summed E-state index contributed by atoms with van der Waals surface area (Å²) in [7, 11) is -3.49. The lowest BCUT2D eigenvalue weighted by molar-refractivity contribution is -0.280. The van der Waals surface area contributed by atoms with Crippen molar-refractivity contribution in [3.63, 3.8) is 0 Å². The van der Waals surface area contributed by atoms with Crippen LogP contribution in [0.15, 0.2) is 12.2 Å². The summed E-state index contributed by atoms with van der Waals surface area (Å²) in [6, 6.07) is 0. The van der Waals surface area contributed by atoms with Crippen molar-refractivity contribution in [3.8, 4) is 0 Å². The van der Waals surface area contributed by atoms with Crippen LogP contribution in [0.1, 0.15) is 79.1 Å². The lowest BCUT2D eigenvalue weighted by atomic mass is 9.41. The number of methoxy groups -OCH3 is 1. The molecule has 4 saturated carbocycles. The number of aliphatic hydroxyl groups excluding tert-OH is 5. The van der Waals surface area contributed by atoms with Gasteiger partial charge in [0.2, 0.25) is 0 Å². The fourth-order valence-electron chi connectivity index (χ4n) is 11.2. The van der Waals surface area contributed by atoms with E-state index in [1.807, 2.05) is 13.8 Å². The van der Waals surface area contributed by atoms with E-state index < -0.39 is 82.3 Å². The van der Waals surface area contributed by atoms with E-state index in [0.717, 1.165) is 24.8 Å². The van der Waals surface area contributed by atoms with Gasteiger partial charge in [0.1, 0.15) is 18.3 Å². The minimum absolute atomic E-state index is 0.0766. The third-order valence-corrected chi connectivity index (χ3v) is 14.0. The maximum absolute atomic E-state index is 12.5. The molecule has 1 aliphatic heterocycles. The van der Waals surface area contributed by atoms with Crippen molar-refractivity contribution >= 4 is 10.4 Å². The zero-order valence-electron chi connectivity index (χ0n) is 28.8. The molecule has 17 atom stereocenters. The van der Waals surface area contributed by atoms with Crippen LogP contribution in [0.5, 0.6) is 0 Å². The van der Waals surface area contributed by atoms with Crippen molar-refractivity contribution in [2.45, 2.75) is 134 Å². The van der Waals surface area contributed by atoms with Gasteiger partial charge in [-0.2, -0.15) is 8.42 Å². The van der Waals surface area contributed by atoms with Crippen LogP contribution in [0, 0.1) is 46.3 Å². The molecule has 0 bridgehead atoms. The summed E-state index contributed by atoms with van der Waals surface area (Å²) in [4.78, 5) is 0. The maximum Gasteiger partial charge on any atom is 0.397 e. The average Bonchev–Trinajstić information content (AvgIpc) is 3.27. The second-order valence-corrected chi connectivity index (χ2v) is 17.3. The molecule has 0 aromatic heterocycles. The highest BCUT2D eigenvalue weighted by atomic mass is 32.3. The largest absolute Gasteiger partial charge is 0.397 e. The molecule has 1 heterocycles. The number of fused-ring (bicyclic) bond motifs is 5. The molecular weight excluding hydrogens is 648 g/mol. The smallest absolute Gasteiger partial charge is 0.393 e. The highest BCUT2D eigenvalue weighted by molar-refractivity contribution is 7.80. The Morgan fingerprint density at radius 3 is 2.31 bits per heavy atom. The van der Waals surface area contributed by atoms with Crippen LogP contribution in [0.3, 0.4) is 0 Å². The Morgan fingerprint density at radius 1 is 1.00 bits per heavy atom. The molecule has 278 valence electrons. The van der Waals surface area contributed by atoms with Crippen molar-refractivity contribution in [3.05, 3.63) is 12.2 Å². The van der Waals surface area contributed by atoms with E-state index in [0.29, 0.717) is 25.7 Å². The summed E-state index contributed by atoms with van der Waals surface area (Å²) < 4.78 is 52.4. The molecule has 0 radical (unpaired) electrons. The average molecular weight is 707 g/mol. The molecule has 5 aliphatic rings. The van der Waals surface area contributed by atoms with Crippen LogP contribution in [0.25, 0.3) is 0 Å². The molecule has 7 N–H and O–H groups in total. The molecule has 4 aliphatic carbocycles. The van der Waals surface area contributed by atoms with Crippen LogP contribution in [0.4, 0.5) is 0 Å². The molecular formula is C34H58O13S. The fraction of sp³-hybridized carbons (Fsp3) is 0.941. The minimum Gasteiger partial charge on any atom is -0.393 e. The van der Waals surface area contributed by atoms with Crippen LogP contribution < -0.4 is 0 Å².